The van der Waals surface area contributed by atoms with Gasteiger partial charge < -0.3 is 9.88 Å². The Morgan fingerprint density at radius 2 is 2.39 bits per heavy atom. The van der Waals surface area contributed by atoms with E-state index in [1.54, 1.807) is 6.20 Å². The molecule has 0 aliphatic carbocycles. The SMILES string of the molecule is CCNC(Cc1nccn1C)C1CCS(=O)(=O)C1. The third kappa shape index (κ3) is 3.11. The molecule has 1 fully saturated rings. The fraction of sp³-hybridized carbons (Fsp3) is 0.750. The molecule has 2 unspecified atom stereocenters. The average Bonchev–Trinajstić information content (AvgIpc) is 2.85. The van der Waals surface area contributed by atoms with Crippen molar-refractivity contribution in [2.24, 2.45) is 13.0 Å². The Hall–Kier alpha value is -0.880. The molecule has 2 rings (SSSR count). The van der Waals surface area contributed by atoms with Crippen LogP contribution in [0.25, 0.3) is 0 Å². The first-order valence-electron chi connectivity index (χ1n) is 6.42. The zero-order valence-corrected chi connectivity index (χ0v) is 11.8. The number of likely N-dealkylation sites (N-methyl/N-ethyl adjacent to an activating group) is 1. The molecule has 0 amide bonds. The molecule has 6 heteroatoms. The zero-order valence-electron chi connectivity index (χ0n) is 11.0. The number of nitrogens with one attached hydrogen (secondary N) is 1. The molecule has 0 saturated carbocycles. The quantitative estimate of drug-likeness (QED) is 0.840. The van der Waals surface area contributed by atoms with E-state index in [1.165, 1.54) is 0 Å². The maximum Gasteiger partial charge on any atom is 0.150 e. The lowest BCUT2D eigenvalue weighted by Crippen LogP contribution is -2.39. The van der Waals surface area contributed by atoms with E-state index in [-0.39, 0.29) is 12.0 Å². The molecule has 0 spiro atoms. The third-order valence-electron chi connectivity index (χ3n) is 3.63. The lowest BCUT2D eigenvalue weighted by molar-refractivity contribution is 0.378. The molecule has 18 heavy (non-hydrogen) atoms. The van der Waals surface area contributed by atoms with Crippen LogP contribution in [0.15, 0.2) is 12.4 Å². The van der Waals surface area contributed by atoms with Crippen molar-refractivity contribution in [3.05, 3.63) is 18.2 Å². The van der Waals surface area contributed by atoms with Gasteiger partial charge in [-0.3, -0.25) is 0 Å². The fourth-order valence-corrected chi connectivity index (χ4v) is 4.48. The number of hydrogen-bond donors (Lipinski definition) is 1. The van der Waals surface area contributed by atoms with Crippen LogP contribution < -0.4 is 5.32 Å². The summed E-state index contributed by atoms with van der Waals surface area (Å²) in [5.41, 5.74) is 0. The number of rotatable bonds is 5. The van der Waals surface area contributed by atoms with Crippen molar-refractivity contribution in [2.75, 3.05) is 18.1 Å². The summed E-state index contributed by atoms with van der Waals surface area (Å²) in [4.78, 5) is 4.32. The van der Waals surface area contributed by atoms with Crippen LogP contribution in [0.2, 0.25) is 0 Å². The first kappa shape index (κ1) is 13.5. The van der Waals surface area contributed by atoms with E-state index in [4.69, 9.17) is 0 Å². The van der Waals surface area contributed by atoms with Gasteiger partial charge in [-0.15, -0.1) is 0 Å². The van der Waals surface area contributed by atoms with Crippen LogP contribution in [-0.4, -0.2) is 42.1 Å². The molecule has 2 heterocycles. The van der Waals surface area contributed by atoms with E-state index >= 15 is 0 Å². The molecule has 1 aromatic rings. The van der Waals surface area contributed by atoms with E-state index < -0.39 is 9.84 Å². The summed E-state index contributed by atoms with van der Waals surface area (Å²) in [5.74, 6) is 1.87. The van der Waals surface area contributed by atoms with Gasteiger partial charge in [0, 0.05) is 31.9 Å². The monoisotopic (exact) mass is 271 g/mol. The van der Waals surface area contributed by atoms with Gasteiger partial charge in [-0.1, -0.05) is 6.92 Å². The predicted octanol–water partition coefficient (Wildman–Crippen LogP) is 0.375. The van der Waals surface area contributed by atoms with Crippen LogP contribution in [0.5, 0.6) is 0 Å². The van der Waals surface area contributed by atoms with Crippen LogP contribution in [0.4, 0.5) is 0 Å². The summed E-state index contributed by atoms with van der Waals surface area (Å²) in [6, 6.07) is 0.202. The molecule has 2 atom stereocenters. The van der Waals surface area contributed by atoms with Crippen LogP contribution in [0.3, 0.4) is 0 Å². The van der Waals surface area contributed by atoms with Gasteiger partial charge in [0.25, 0.3) is 0 Å². The Balaban J connectivity index is 2.07. The number of aryl methyl sites for hydroxylation is 1. The van der Waals surface area contributed by atoms with Crippen LogP contribution in [-0.2, 0) is 23.3 Å². The van der Waals surface area contributed by atoms with E-state index in [9.17, 15) is 8.42 Å². The highest BCUT2D eigenvalue weighted by atomic mass is 32.2. The van der Waals surface area contributed by atoms with Gasteiger partial charge in [0.15, 0.2) is 9.84 Å². The Morgan fingerprint density at radius 1 is 1.61 bits per heavy atom. The first-order chi connectivity index (χ1) is 8.52. The molecular weight excluding hydrogens is 250 g/mol. The summed E-state index contributed by atoms with van der Waals surface area (Å²) in [6.07, 6.45) is 5.26. The molecule has 1 saturated heterocycles. The highest BCUT2D eigenvalue weighted by Gasteiger charge is 2.33. The molecule has 0 aromatic carbocycles. The summed E-state index contributed by atoms with van der Waals surface area (Å²) >= 11 is 0. The van der Waals surface area contributed by atoms with Crippen molar-refractivity contribution in [1.29, 1.82) is 0 Å². The summed E-state index contributed by atoms with van der Waals surface area (Å²) < 4.78 is 25.1. The number of imidazole rings is 1. The third-order valence-corrected chi connectivity index (χ3v) is 5.42. The minimum atomic E-state index is -2.82. The van der Waals surface area contributed by atoms with Crippen LogP contribution in [0.1, 0.15) is 19.2 Å². The number of nitrogens with zero attached hydrogens (tertiary/aromatic N) is 2. The Morgan fingerprint density at radius 3 is 2.89 bits per heavy atom. The van der Waals surface area contributed by atoms with Gasteiger partial charge in [0.2, 0.25) is 0 Å². The maximum atomic E-state index is 11.6. The standard InChI is InChI=1S/C12H21N3O2S/c1-3-13-11(8-12-14-5-6-15(12)2)10-4-7-18(16,17)9-10/h5-6,10-11,13H,3-4,7-9H2,1-2H3. The van der Waals surface area contributed by atoms with E-state index in [1.807, 2.05) is 17.8 Å². The van der Waals surface area contributed by atoms with Crippen LogP contribution in [0, 0.1) is 5.92 Å². The van der Waals surface area contributed by atoms with Crippen molar-refractivity contribution in [2.45, 2.75) is 25.8 Å². The summed E-state index contributed by atoms with van der Waals surface area (Å²) in [6.45, 7) is 2.90. The minimum absolute atomic E-state index is 0.202. The molecule has 0 radical (unpaired) electrons. The Labute approximate surface area is 109 Å². The van der Waals surface area contributed by atoms with E-state index in [0.29, 0.717) is 11.5 Å². The molecule has 1 aromatic heterocycles. The minimum Gasteiger partial charge on any atom is -0.338 e. The second kappa shape index (κ2) is 5.40. The molecule has 1 aliphatic heterocycles. The normalized spacial score (nSPS) is 24.2. The summed E-state index contributed by atoms with van der Waals surface area (Å²) in [5, 5.41) is 3.41. The fourth-order valence-electron chi connectivity index (χ4n) is 2.60. The summed E-state index contributed by atoms with van der Waals surface area (Å²) in [7, 11) is -0.846. The van der Waals surface area contributed by atoms with Gasteiger partial charge in [0.1, 0.15) is 5.82 Å². The molecule has 1 N–H and O–H groups in total. The number of hydrogen-bond acceptors (Lipinski definition) is 4. The lowest BCUT2D eigenvalue weighted by atomic mass is 9.96. The van der Waals surface area contributed by atoms with E-state index in [0.717, 1.165) is 25.2 Å². The zero-order chi connectivity index (χ0) is 13.2. The molecule has 102 valence electrons. The Kier molecular flexibility index (Phi) is 4.07. The van der Waals surface area contributed by atoms with Crippen molar-refractivity contribution >= 4 is 9.84 Å². The van der Waals surface area contributed by atoms with Gasteiger partial charge in [0.05, 0.1) is 11.5 Å². The number of sulfone groups is 1. The molecular formula is C12H21N3O2S. The van der Waals surface area contributed by atoms with Crippen LogP contribution >= 0.6 is 0 Å². The van der Waals surface area contributed by atoms with Gasteiger partial charge in [-0.25, -0.2) is 13.4 Å². The van der Waals surface area contributed by atoms with Gasteiger partial charge >= 0.3 is 0 Å². The second-order valence-electron chi connectivity index (χ2n) is 4.99. The van der Waals surface area contributed by atoms with Crippen molar-refractivity contribution < 1.29 is 8.42 Å². The molecule has 0 bridgehead atoms. The molecule has 5 nitrogen and oxygen atoms in total. The Bertz CT molecular complexity index is 495. The van der Waals surface area contributed by atoms with Gasteiger partial charge in [-0.05, 0) is 18.9 Å². The van der Waals surface area contributed by atoms with Crippen molar-refractivity contribution in [3.8, 4) is 0 Å². The topological polar surface area (TPSA) is 64.0 Å². The van der Waals surface area contributed by atoms with Crippen molar-refractivity contribution in [1.82, 2.24) is 14.9 Å². The van der Waals surface area contributed by atoms with E-state index in [2.05, 4.69) is 17.2 Å². The second-order valence-corrected chi connectivity index (χ2v) is 7.21. The average molecular weight is 271 g/mol. The highest BCUT2D eigenvalue weighted by Crippen LogP contribution is 2.23. The maximum absolute atomic E-state index is 11.6. The van der Waals surface area contributed by atoms with Crippen molar-refractivity contribution in [3.63, 3.8) is 0 Å². The lowest BCUT2D eigenvalue weighted by Gasteiger charge is -2.23. The smallest absolute Gasteiger partial charge is 0.150 e. The number of aromatic nitrogens is 2. The van der Waals surface area contributed by atoms with Gasteiger partial charge in [-0.2, -0.15) is 0 Å². The highest BCUT2D eigenvalue weighted by molar-refractivity contribution is 7.91. The largest absolute Gasteiger partial charge is 0.338 e. The molecule has 1 aliphatic rings. The predicted molar refractivity (Wildman–Crippen MR) is 71.1 cm³/mol. The first-order valence-corrected chi connectivity index (χ1v) is 8.24.